The topological polar surface area (TPSA) is 54.6 Å². The fourth-order valence-corrected chi connectivity index (χ4v) is 2.45. The van der Waals surface area contributed by atoms with E-state index in [-0.39, 0.29) is 0 Å². The van der Waals surface area contributed by atoms with Crippen molar-refractivity contribution < 1.29 is 4.74 Å². The second-order valence-corrected chi connectivity index (χ2v) is 4.69. The average molecular weight is 250 g/mol. The van der Waals surface area contributed by atoms with Crippen LogP contribution < -0.4 is 15.4 Å². The minimum atomic E-state index is 0.512. The van der Waals surface area contributed by atoms with Gasteiger partial charge in [0.05, 0.1) is 12.8 Å². The van der Waals surface area contributed by atoms with Gasteiger partial charge in [0, 0.05) is 25.7 Å². The van der Waals surface area contributed by atoms with E-state index in [0.29, 0.717) is 17.6 Å². The molecular weight excluding hydrogens is 228 g/mol. The summed E-state index contributed by atoms with van der Waals surface area (Å²) in [6.45, 7) is 8.63. The summed E-state index contributed by atoms with van der Waals surface area (Å²) in [6.07, 6.45) is 0. The molecule has 1 aliphatic heterocycles. The van der Waals surface area contributed by atoms with Crippen LogP contribution in [-0.4, -0.2) is 49.2 Å². The number of nitrogen functional groups attached to an aromatic ring is 1. The Hall–Kier alpha value is -1.49. The van der Waals surface area contributed by atoms with Gasteiger partial charge in [-0.05, 0) is 25.6 Å². The van der Waals surface area contributed by atoms with Crippen LogP contribution in [-0.2, 0) is 0 Å². The molecule has 1 saturated heterocycles. The number of ether oxygens (including phenoxy) is 1. The zero-order chi connectivity index (χ0) is 13.1. The maximum Gasteiger partial charge on any atom is 0.238 e. The van der Waals surface area contributed by atoms with Gasteiger partial charge in [0.25, 0.3) is 0 Å². The summed E-state index contributed by atoms with van der Waals surface area (Å²) in [5, 5.41) is 0. The molecular formula is C13H22N4O. The lowest BCUT2D eigenvalue weighted by atomic mass is 10.2. The van der Waals surface area contributed by atoms with Crippen molar-refractivity contribution in [2.45, 2.75) is 19.9 Å². The maximum atomic E-state index is 5.79. The fraction of sp³-hybridized carbons (Fsp3) is 0.615. The third kappa shape index (κ3) is 2.51. The molecule has 0 aromatic carbocycles. The van der Waals surface area contributed by atoms with E-state index in [4.69, 9.17) is 10.5 Å². The van der Waals surface area contributed by atoms with Crippen LogP contribution in [0.1, 0.15) is 13.8 Å². The number of nitrogens with zero attached hydrogens (tertiary/aromatic N) is 3. The number of hydrogen-bond donors (Lipinski definition) is 1. The van der Waals surface area contributed by atoms with Gasteiger partial charge < -0.3 is 15.4 Å². The number of pyridine rings is 1. The van der Waals surface area contributed by atoms with Crippen LogP contribution in [0.15, 0.2) is 12.1 Å². The lowest BCUT2D eigenvalue weighted by Crippen LogP contribution is -2.52. The van der Waals surface area contributed by atoms with Crippen molar-refractivity contribution in [3.63, 3.8) is 0 Å². The Kier molecular flexibility index (Phi) is 3.91. The Balaban J connectivity index is 2.13. The van der Waals surface area contributed by atoms with Crippen LogP contribution in [0.5, 0.6) is 5.88 Å². The maximum absolute atomic E-state index is 5.79. The van der Waals surface area contributed by atoms with Crippen molar-refractivity contribution in [2.24, 2.45) is 0 Å². The molecule has 100 valence electrons. The lowest BCUT2D eigenvalue weighted by Gasteiger charge is -2.39. The van der Waals surface area contributed by atoms with E-state index in [1.165, 1.54) is 0 Å². The van der Waals surface area contributed by atoms with E-state index < -0.39 is 0 Å². The Bertz CT molecular complexity index is 410. The van der Waals surface area contributed by atoms with Crippen molar-refractivity contribution in [1.82, 2.24) is 9.88 Å². The standard InChI is InChI=1S/C13H22N4O/c1-4-16-7-8-17(9-10(16)2)12-6-5-11(14)13(15-12)18-3/h5-6,10H,4,7-9,14H2,1-3H3. The van der Waals surface area contributed by atoms with Crippen molar-refractivity contribution in [1.29, 1.82) is 0 Å². The number of aromatic nitrogens is 1. The molecule has 0 radical (unpaired) electrons. The molecule has 1 aromatic rings. The van der Waals surface area contributed by atoms with Gasteiger partial charge >= 0.3 is 0 Å². The highest BCUT2D eigenvalue weighted by atomic mass is 16.5. The van der Waals surface area contributed by atoms with Crippen molar-refractivity contribution in [3.05, 3.63) is 12.1 Å². The Morgan fingerprint density at radius 1 is 1.44 bits per heavy atom. The summed E-state index contributed by atoms with van der Waals surface area (Å²) >= 11 is 0. The monoisotopic (exact) mass is 250 g/mol. The normalized spacial score (nSPS) is 21.1. The number of piperazine rings is 1. The van der Waals surface area contributed by atoms with E-state index in [9.17, 15) is 0 Å². The van der Waals surface area contributed by atoms with E-state index in [0.717, 1.165) is 32.0 Å². The smallest absolute Gasteiger partial charge is 0.238 e. The highest BCUT2D eigenvalue weighted by Crippen LogP contribution is 2.24. The van der Waals surface area contributed by atoms with E-state index in [1.807, 2.05) is 12.1 Å². The number of likely N-dealkylation sites (N-methyl/N-ethyl adjacent to an activating group) is 1. The predicted octanol–water partition coefficient (Wildman–Crippen LogP) is 1.20. The van der Waals surface area contributed by atoms with Crippen LogP contribution in [0.3, 0.4) is 0 Å². The molecule has 1 atom stereocenters. The zero-order valence-corrected chi connectivity index (χ0v) is 11.4. The first kappa shape index (κ1) is 13.0. The molecule has 18 heavy (non-hydrogen) atoms. The third-order valence-corrected chi connectivity index (χ3v) is 3.56. The van der Waals surface area contributed by atoms with Gasteiger partial charge in [0.1, 0.15) is 5.82 Å². The molecule has 0 bridgehead atoms. The highest BCUT2D eigenvalue weighted by molar-refractivity contribution is 5.54. The Labute approximate surface area is 109 Å². The van der Waals surface area contributed by atoms with Crippen LogP contribution in [0.2, 0.25) is 0 Å². The van der Waals surface area contributed by atoms with Gasteiger partial charge in [-0.25, -0.2) is 0 Å². The molecule has 0 amide bonds. The quantitative estimate of drug-likeness (QED) is 0.873. The molecule has 0 spiro atoms. The zero-order valence-electron chi connectivity index (χ0n) is 11.4. The highest BCUT2D eigenvalue weighted by Gasteiger charge is 2.23. The first-order valence-electron chi connectivity index (χ1n) is 6.45. The Morgan fingerprint density at radius 2 is 2.22 bits per heavy atom. The van der Waals surface area contributed by atoms with Crippen molar-refractivity contribution in [2.75, 3.05) is 43.9 Å². The molecule has 1 unspecified atom stereocenters. The molecule has 1 fully saturated rings. The molecule has 2 rings (SSSR count). The van der Waals surface area contributed by atoms with E-state index in [1.54, 1.807) is 7.11 Å². The van der Waals surface area contributed by atoms with Gasteiger partial charge in [-0.15, -0.1) is 0 Å². The minimum absolute atomic E-state index is 0.512. The van der Waals surface area contributed by atoms with Crippen LogP contribution in [0.25, 0.3) is 0 Å². The van der Waals surface area contributed by atoms with E-state index >= 15 is 0 Å². The molecule has 1 aromatic heterocycles. The van der Waals surface area contributed by atoms with Gasteiger partial charge in [-0.3, -0.25) is 4.90 Å². The molecule has 0 aliphatic carbocycles. The van der Waals surface area contributed by atoms with Crippen molar-refractivity contribution in [3.8, 4) is 5.88 Å². The second kappa shape index (κ2) is 5.44. The first-order valence-corrected chi connectivity index (χ1v) is 6.45. The lowest BCUT2D eigenvalue weighted by molar-refractivity contribution is 0.199. The van der Waals surface area contributed by atoms with Crippen LogP contribution in [0.4, 0.5) is 11.5 Å². The largest absolute Gasteiger partial charge is 0.479 e. The number of rotatable bonds is 3. The number of nitrogens with two attached hydrogens (primary N) is 1. The molecule has 0 saturated carbocycles. The van der Waals surface area contributed by atoms with Crippen molar-refractivity contribution >= 4 is 11.5 Å². The van der Waals surface area contributed by atoms with E-state index in [2.05, 4.69) is 28.6 Å². The molecule has 1 aliphatic rings. The van der Waals surface area contributed by atoms with Crippen LogP contribution in [0, 0.1) is 0 Å². The SMILES string of the molecule is CCN1CCN(c2ccc(N)c(OC)n2)CC1C. The van der Waals surface area contributed by atoms with Gasteiger partial charge in [-0.1, -0.05) is 6.92 Å². The minimum Gasteiger partial charge on any atom is -0.479 e. The summed E-state index contributed by atoms with van der Waals surface area (Å²) in [7, 11) is 1.60. The summed E-state index contributed by atoms with van der Waals surface area (Å²) in [6, 6.07) is 4.37. The molecule has 2 heterocycles. The summed E-state index contributed by atoms with van der Waals surface area (Å²) in [5.74, 6) is 1.46. The number of methoxy groups -OCH3 is 1. The fourth-order valence-electron chi connectivity index (χ4n) is 2.45. The van der Waals surface area contributed by atoms with Gasteiger partial charge in [0.2, 0.25) is 5.88 Å². The van der Waals surface area contributed by atoms with Crippen LogP contribution >= 0.6 is 0 Å². The predicted molar refractivity (Wildman–Crippen MR) is 74.1 cm³/mol. The summed E-state index contributed by atoms with van der Waals surface area (Å²) in [5.41, 5.74) is 6.37. The molecule has 2 N–H and O–H groups in total. The van der Waals surface area contributed by atoms with Gasteiger partial charge in [-0.2, -0.15) is 4.98 Å². The third-order valence-electron chi connectivity index (χ3n) is 3.56. The summed E-state index contributed by atoms with van der Waals surface area (Å²) in [4.78, 5) is 9.23. The summed E-state index contributed by atoms with van der Waals surface area (Å²) < 4.78 is 5.17. The number of hydrogen-bond acceptors (Lipinski definition) is 5. The number of anilines is 2. The molecule has 5 nitrogen and oxygen atoms in total. The second-order valence-electron chi connectivity index (χ2n) is 4.69. The Morgan fingerprint density at radius 3 is 2.83 bits per heavy atom. The van der Waals surface area contributed by atoms with Gasteiger partial charge in [0.15, 0.2) is 0 Å². The molecule has 5 heteroatoms. The average Bonchev–Trinajstić information content (AvgIpc) is 2.39. The first-order chi connectivity index (χ1) is 8.65.